The molecule has 1 heterocycles. The van der Waals surface area contributed by atoms with Gasteiger partial charge < -0.3 is 0 Å². The molecule has 98 valence electrons. The van der Waals surface area contributed by atoms with Crippen molar-refractivity contribution in [1.82, 2.24) is 5.48 Å². The molecule has 2 rings (SSSR count). The van der Waals surface area contributed by atoms with Gasteiger partial charge in [-0.15, -0.1) is 0 Å². The van der Waals surface area contributed by atoms with Gasteiger partial charge in [-0.3, -0.25) is 10.3 Å². The van der Waals surface area contributed by atoms with Crippen molar-refractivity contribution in [1.29, 1.82) is 0 Å². The molecular formula is C10H5Cl3F3NO. The van der Waals surface area contributed by atoms with Gasteiger partial charge in [-0.25, -0.2) is 0 Å². The van der Waals surface area contributed by atoms with E-state index in [9.17, 15) is 13.2 Å². The van der Waals surface area contributed by atoms with Crippen molar-refractivity contribution in [3.05, 3.63) is 45.0 Å². The molecular weight excluding hydrogens is 313 g/mol. The normalized spacial score (nSPS) is 23.2. The van der Waals surface area contributed by atoms with Crippen LogP contribution in [0.3, 0.4) is 0 Å². The van der Waals surface area contributed by atoms with E-state index < -0.39 is 11.8 Å². The summed E-state index contributed by atoms with van der Waals surface area (Å²) < 4.78 is 39.4. The highest BCUT2D eigenvalue weighted by molar-refractivity contribution is 6.48. The first-order chi connectivity index (χ1) is 8.28. The van der Waals surface area contributed by atoms with Crippen molar-refractivity contribution in [3.63, 3.8) is 0 Å². The number of alkyl halides is 3. The second-order valence-electron chi connectivity index (χ2n) is 3.54. The van der Waals surface area contributed by atoms with E-state index in [1.807, 2.05) is 0 Å². The van der Waals surface area contributed by atoms with E-state index >= 15 is 0 Å². The van der Waals surface area contributed by atoms with Gasteiger partial charge >= 0.3 is 6.18 Å². The van der Waals surface area contributed by atoms with Crippen LogP contribution >= 0.6 is 34.8 Å². The number of hydrogen-bond acceptors (Lipinski definition) is 2. The molecule has 0 amide bonds. The van der Waals surface area contributed by atoms with Crippen LogP contribution in [0.25, 0.3) is 0 Å². The molecule has 0 aliphatic carbocycles. The van der Waals surface area contributed by atoms with Crippen molar-refractivity contribution < 1.29 is 18.0 Å². The maximum atomic E-state index is 13.1. The van der Waals surface area contributed by atoms with Crippen molar-refractivity contribution >= 4 is 34.8 Å². The minimum absolute atomic E-state index is 0.00524. The molecule has 0 aromatic heterocycles. The Kier molecular flexibility index (Phi) is 3.44. The summed E-state index contributed by atoms with van der Waals surface area (Å²) in [4.78, 5) is 4.59. The van der Waals surface area contributed by atoms with Gasteiger partial charge in [0.15, 0.2) is 0 Å². The third-order valence-electron chi connectivity index (χ3n) is 2.44. The lowest BCUT2D eigenvalue weighted by Crippen LogP contribution is -2.42. The fourth-order valence-corrected chi connectivity index (χ4v) is 2.15. The molecule has 0 bridgehead atoms. The second kappa shape index (κ2) is 4.49. The van der Waals surface area contributed by atoms with Gasteiger partial charge in [-0.1, -0.05) is 34.8 Å². The first-order valence-electron chi connectivity index (χ1n) is 4.61. The molecule has 18 heavy (non-hydrogen) atoms. The van der Waals surface area contributed by atoms with Gasteiger partial charge in [0, 0.05) is 11.8 Å². The first kappa shape index (κ1) is 13.8. The van der Waals surface area contributed by atoms with E-state index in [0.29, 0.717) is 0 Å². The van der Waals surface area contributed by atoms with Crippen LogP contribution in [0.2, 0.25) is 15.1 Å². The van der Waals surface area contributed by atoms with Crippen molar-refractivity contribution in [2.45, 2.75) is 11.8 Å². The van der Waals surface area contributed by atoms with Crippen molar-refractivity contribution in [2.24, 2.45) is 0 Å². The standard InChI is InChI=1S/C10H5Cl3F3NO/c11-6-3-5(4-7(12)8(6)13)9(10(14,15)16)1-2-17-18-9/h1-4,17H. The van der Waals surface area contributed by atoms with Gasteiger partial charge in [0.2, 0.25) is 5.60 Å². The number of hydroxylamine groups is 1. The van der Waals surface area contributed by atoms with Crippen LogP contribution in [0.4, 0.5) is 13.2 Å². The highest BCUT2D eigenvalue weighted by Gasteiger charge is 2.58. The third-order valence-corrected chi connectivity index (χ3v) is 3.64. The molecule has 0 spiro atoms. The summed E-state index contributed by atoms with van der Waals surface area (Å²) >= 11 is 17.1. The van der Waals surface area contributed by atoms with Gasteiger partial charge in [-0.05, 0) is 18.2 Å². The molecule has 0 saturated carbocycles. The number of rotatable bonds is 1. The Labute approximate surface area is 115 Å². The zero-order chi connectivity index (χ0) is 13.6. The zero-order valence-electron chi connectivity index (χ0n) is 8.49. The quantitative estimate of drug-likeness (QED) is 0.772. The van der Waals surface area contributed by atoms with Gasteiger partial charge in [0.05, 0.1) is 15.1 Å². The van der Waals surface area contributed by atoms with Crippen LogP contribution in [-0.4, -0.2) is 6.18 Å². The SMILES string of the molecule is FC(F)(F)C1(c2cc(Cl)c(Cl)c(Cl)c2)C=CNO1. The molecule has 1 N–H and O–H groups in total. The molecule has 0 radical (unpaired) electrons. The van der Waals surface area contributed by atoms with E-state index in [0.717, 1.165) is 24.4 Å². The summed E-state index contributed by atoms with van der Waals surface area (Å²) in [7, 11) is 0. The summed E-state index contributed by atoms with van der Waals surface area (Å²) in [6.07, 6.45) is -2.79. The average Bonchev–Trinajstić information content (AvgIpc) is 2.74. The predicted octanol–water partition coefficient (Wildman–Crippen LogP) is 4.45. The van der Waals surface area contributed by atoms with Gasteiger partial charge in [0.25, 0.3) is 0 Å². The molecule has 1 atom stereocenters. The average molecular weight is 319 g/mol. The van der Waals surface area contributed by atoms with E-state index in [1.54, 1.807) is 0 Å². The summed E-state index contributed by atoms with van der Waals surface area (Å²) in [5.74, 6) is 0. The Hall–Kier alpha value is -0.620. The highest BCUT2D eigenvalue weighted by Crippen LogP contribution is 2.47. The Morgan fingerprint density at radius 3 is 2.06 bits per heavy atom. The lowest BCUT2D eigenvalue weighted by Gasteiger charge is -2.29. The molecule has 1 unspecified atom stereocenters. The summed E-state index contributed by atoms with van der Waals surface area (Å²) in [5, 5.41) is -0.160. The van der Waals surface area contributed by atoms with Gasteiger partial charge in [-0.2, -0.15) is 13.2 Å². The van der Waals surface area contributed by atoms with Crippen molar-refractivity contribution in [3.8, 4) is 0 Å². The molecule has 8 heteroatoms. The van der Waals surface area contributed by atoms with E-state index in [4.69, 9.17) is 34.8 Å². The lowest BCUT2D eigenvalue weighted by atomic mass is 9.93. The van der Waals surface area contributed by atoms with Gasteiger partial charge in [0.1, 0.15) is 0 Å². The molecule has 0 saturated heterocycles. The summed E-state index contributed by atoms with van der Waals surface area (Å²) in [6, 6.07) is 2.14. The number of nitrogens with one attached hydrogen (secondary N) is 1. The smallest absolute Gasteiger partial charge is 0.273 e. The Morgan fingerprint density at radius 2 is 1.67 bits per heavy atom. The Bertz CT molecular complexity index is 495. The minimum atomic E-state index is -4.67. The van der Waals surface area contributed by atoms with Crippen LogP contribution in [-0.2, 0) is 10.4 Å². The Balaban J connectivity index is 2.62. The van der Waals surface area contributed by atoms with Crippen LogP contribution < -0.4 is 5.48 Å². The molecule has 1 aliphatic rings. The maximum Gasteiger partial charge on any atom is 0.428 e. The minimum Gasteiger partial charge on any atom is -0.273 e. The van der Waals surface area contributed by atoms with E-state index in [2.05, 4.69) is 10.3 Å². The fourth-order valence-electron chi connectivity index (χ4n) is 1.55. The highest BCUT2D eigenvalue weighted by atomic mass is 35.5. The molecule has 1 aromatic rings. The largest absolute Gasteiger partial charge is 0.428 e. The topological polar surface area (TPSA) is 21.3 Å². The van der Waals surface area contributed by atoms with Crippen LogP contribution in [0, 0.1) is 0 Å². The number of halogens is 6. The van der Waals surface area contributed by atoms with E-state index in [1.165, 1.54) is 0 Å². The maximum absolute atomic E-state index is 13.1. The van der Waals surface area contributed by atoms with Crippen LogP contribution in [0.1, 0.15) is 5.56 Å². The van der Waals surface area contributed by atoms with Crippen LogP contribution in [0.5, 0.6) is 0 Å². The molecule has 1 aliphatic heterocycles. The van der Waals surface area contributed by atoms with Crippen molar-refractivity contribution in [2.75, 3.05) is 0 Å². The molecule has 1 aromatic carbocycles. The summed E-state index contributed by atoms with van der Waals surface area (Å²) in [6.45, 7) is 0. The molecule has 0 fully saturated rings. The first-order valence-corrected chi connectivity index (χ1v) is 5.74. The summed E-state index contributed by atoms with van der Waals surface area (Å²) in [5.41, 5.74) is -0.822. The number of benzene rings is 1. The second-order valence-corrected chi connectivity index (χ2v) is 4.73. The predicted molar refractivity (Wildman–Crippen MR) is 62.6 cm³/mol. The number of hydrogen-bond donors (Lipinski definition) is 1. The van der Waals surface area contributed by atoms with E-state index in [-0.39, 0.29) is 20.6 Å². The monoisotopic (exact) mass is 317 g/mol. The lowest BCUT2D eigenvalue weighted by molar-refractivity contribution is -0.269. The zero-order valence-corrected chi connectivity index (χ0v) is 10.8. The van der Waals surface area contributed by atoms with Crippen LogP contribution in [0.15, 0.2) is 24.4 Å². The Morgan fingerprint density at radius 1 is 1.11 bits per heavy atom. The third kappa shape index (κ3) is 2.05. The molecule has 2 nitrogen and oxygen atoms in total. The fraction of sp³-hybridized carbons (Fsp3) is 0.200.